The van der Waals surface area contributed by atoms with E-state index in [0.29, 0.717) is 19.2 Å². The van der Waals surface area contributed by atoms with Crippen LogP contribution in [0.5, 0.6) is 6.01 Å². The van der Waals surface area contributed by atoms with E-state index in [1.807, 2.05) is 18.7 Å². The fourth-order valence-corrected chi connectivity index (χ4v) is 1.93. The molecule has 2 rings (SSSR count). The molecule has 0 radical (unpaired) electrons. The van der Waals surface area contributed by atoms with Gasteiger partial charge in [0.05, 0.1) is 13.2 Å². The van der Waals surface area contributed by atoms with Crippen LogP contribution in [0.4, 0.5) is 5.95 Å². The first-order valence-corrected chi connectivity index (χ1v) is 6.51. The van der Waals surface area contributed by atoms with Crippen LogP contribution in [0.1, 0.15) is 20.3 Å². The average Bonchev–Trinajstić information content (AvgIpc) is 2.83. The summed E-state index contributed by atoms with van der Waals surface area (Å²) in [6.45, 7) is 6.97. The van der Waals surface area contributed by atoms with Crippen LogP contribution in [-0.2, 0) is 4.74 Å². The summed E-state index contributed by atoms with van der Waals surface area (Å²) in [7, 11) is 0. The number of hydrogen-bond acceptors (Lipinski definition) is 6. The molecule has 1 aromatic rings. The number of rotatable bonds is 5. The maximum absolute atomic E-state index is 5.89. The van der Waals surface area contributed by atoms with Crippen molar-refractivity contribution in [2.24, 2.45) is 0 Å². The van der Waals surface area contributed by atoms with Crippen LogP contribution >= 0.6 is 11.6 Å². The summed E-state index contributed by atoms with van der Waals surface area (Å²) in [4.78, 5) is 14.4. The monoisotopic (exact) mass is 272 g/mol. The number of nitrogens with zero attached hydrogens (tertiary/aromatic N) is 4. The summed E-state index contributed by atoms with van der Waals surface area (Å²) in [5.74, 6) is 0.550. The van der Waals surface area contributed by atoms with Crippen molar-refractivity contribution in [3.63, 3.8) is 0 Å². The number of anilines is 1. The fourth-order valence-electron chi connectivity index (χ4n) is 1.78. The van der Waals surface area contributed by atoms with E-state index in [0.717, 1.165) is 19.5 Å². The molecule has 2 heterocycles. The molecule has 1 unspecified atom stereocenters. The smallest absolute Gasteiger partial charge is 0.322 e. The van der Waals surface area contributed by atoms with Gasteiger partial charge in [-0.15, -0.1) is 0 Å². The van der Waals surface area contributed by atoms with Crippen LogP contribution in [0, 0.1) is 0 Å². The highest BCUT2D eigenvalue weighted by molar-refractivity contribution is 6.28. The molecule has 0 saturated carbocycles. The molecule has 100 valence electrons. The largest absolute Gasteiger partial charge is 0.457 e. The zero-order chi connectivity index (χ0) is 13.0. The number of halogens is 1. The topological polar surface area (TPSA) is 60.4 Å². The molecule has 1 aliphatic heterocycles. The Morgan fingerprint density at radius 2 is 2.11 bits per heavy atom. The predicted octanol–water partition coefficient (Wildman–Crippen LogP) is 1.54. The van der Waals surface area contributed by atoms with Gasteiger partial charge in [-0.25, -0.2) is 0 Å². The molecule has 0 spiro atoms. The quantitative estimate of drug-likeness (QED) is 0.810. The van der Waals surface area contributed by atoms with E-state index >= 15 is 0 Å². The van der Waals surface area contributed by atoms with E-state index in [4.69, 9.17) is 21.1 Å². The molecule has 0 bridgehead atoms. The van der Waals surface area contributed by atoms with Gasteiger partial charge in [0.2, 0.25) is 11.2 Å². The molecule has 1 fully saturated rings. The number of ether oxygens (including phenoxy) is 2. The van der Waals surface area contributed by atoms with Gasteiger partial charge in [-0.3, -0.25) is 0 Å². The van der Waals surface area contributed by atoms with Gasteiger partial charge in [-0.1, -0.05) is 0 Å². The Morgan fingerprint density at radius 3 is 2.72 bits per heavy atom. The summed E-state index contributed by atoms with van der Waals surface area (Å²) in [5.41, 5.74) is 0. The standard InChI is InChI=1S/C11H17ClN4O2/c1-3-16(4-2)10-13-9(12)14-11(15-10)18-8-5-6-17-7-8/h8H,3-7H2,1-2H3. The van der Waals surface area contributed by atoms with Crippen molar-refractivity contribution in [1.82, 2.24) is 15.0 Å². The van der Waals surface area contributed by atoms with E-state index in [9.17, 15) is 0 Å². The molecule has 1 saturated heterocycles. The maximum Gasteiger partial charge on any atom is 0.322 e. The minimum absolute atomic E-state index is 0.00743. The predicted molar refractivity (Wildman–Crippen MR) is 68.3 cm³/mol. The molecule has 1 aliphatic rings. The molecule has 1 aromatic heterocycles. The van der Waals surface area contributed by atoms with Crippen molar-refractivity contribution in [1.29, 1.82) is 0 Å². The lowest BCUT2D eigenvalue weighted by Gasteiger charge is -2.19. The Bertz CT molecular complexity index is 395. The summed E-state index contributed by atoms with van der Waals surface area (Å²) >= 11 is 5.89. The third kappa shape index (κ3) is 3.20. The average molecular weight is 273 g/mol. The van der Waals surface area contributed by atoms with Gasteiger partial charge in [0, 0.05) is 19.5 Å². The van der Waals surface area contributed by atoms with Crippen LogP contribution in [0.3, 0.4) is 0 Å². The minimum atomic E-state index is 0.00743. The lowest BCUT2D eigenvalue weighted by Crippen LogP contribution is -2.25. The second-order valence-corrected chi connectivity index (χ2v) is 4.30. The van der Waals surface area contributed by atoms with E-state index in [-0.39, 0.29) is 17.4 Å². The first kappa shape index (κ1) is 13.3. The summed E-state index contributed by atoms with van der Waals surface area (Å²) in [6.07, 6.45) is 0.859. The van der Waals surface area contributed by atoms with Gasteiger partial charge in [0.25, 0.3) is 0 Å². The van der Waals surface area contributed by atoms with Gasteiger partial charge in [0.1, 0.15) is 6.10 Å². The minimum Gasteiger partial charge on any atom is -0.457 e. The molecule has 0 N–H and O–H groups in total. The van der Waals surface area contributed by atoms with Gasteiger partial charge in [-0.2, -0.15) is 15.0 Å². The summed E-state index contributed by atoms with van der Waals surface area (Å²) < 4.78 is 10.9. The molecule has 0 amide bonds. The zero-order valence-corrected chi connectivity index (χ0v) is 11.4. The zero-order valence-electron chi connectivity index (χ0n) is 10.6. The molecular formula is C11H17ClN4O2. The van der Waals surface area contributed by atoms with Gasteiger partial charge >= 0.3 is 6.01 Å². The Balaban J connectivity index is 2.14. The molecule has 1 atom stereocenters. The molecule has 7 heteroatoms. The Kier molecular flexibility index (Phi) is 4.54. The normalized spacial score (nSPS) is 18.9. The lowest BCUT2D eigenvalue weighted by atomic mass is 10.3. The molecular weight excluding hydrogens is 256 g/mol. The number of hydrogen-bond donors (Lipinski definition) is 0. The van der Waals surface area contributed by atoms with Crippen molar-refractivity contribution >= 4 is 17.5 Å². The highest BCUT2D eigenvalue weighted by atomic mass is 35.5. The SMILES string of the molecule is CCN(CC)c1nc(Cl)nc(OC2CCOC2)n1. The summed E-state index contributed by atoms with van der Waals surface area (Å²) in [5, 5.41) is 0.154. The van der Waals surface area contributed by atoms with Gasteiger partial charge in [0.15, 0.2) is 0 Å². The highest BCUT2D eigenvalue weighted by Gasteiger charge is 2.20. The number of aromatic nitrogens is 3. The molecule has 18 heavy (non-hydrogen) atoms. The van der Waals surface area contributed by atoms with Gasteiger partial charge in [-0.05, 0) is 25.4 Å². The second kappa shape index (κ2) is 6.15. The highest BCUT2D eigenvalue weighted by Crippen LogP contribution is 2.18. The third-order valence-corrected chi connectivity index (χ3v) is 2.95. The van der Waals surface area contributed by atoms with Crippen molar-refractivity contribution < 1.29 is 9.47 Å². The fraction of sp³-hybridized carbons (Fsp3) is 0.727. The molecule has 6 nitrogen and oxygen atoms in total. The first-order chi connectivity index (χ1) is 8.72. The van der Waals surface area contributed by atoms with Crippen LogP contribution < -0.4 is 9.64 Å². The Hall–Kier alpha value is -1.14. The third-order valence-electron chi connectivity index (χ3n) is 2.78. The van der Waals surface area contributed by atoms with Crippen LogP contribution in [0.25, 0.3) is 0 Å². The van der Waals surface area contributed by atoms with Crippen LogP contribution in [0.15, 0.2) is 0 Å². The molecule has 0 aromatic carbocycles. The van der Waals surface area contributed by atoms with Crippen molar-refractivity contribution in [2.45, 2.75) is 26.4 Å². The first-order valence-electron chi connectivity index (χ1n) is 6.13. The summed E-state index contributed by atoms with van der Waals surface area (Å²) in [6, 6.07) is 0.271. The maximum atomic E-state index is 5.89. The van der Waals surface area contributed by atoms with E-state index in [1.165, 1.54) is 0 Å². The van der Waals surface area contributed by atoms with E-state index in [1.54, 1.807) is 0 Å². The van der Waals surface area contributed by atoms with Crippen LogP contribution in [-0.4, -0.2) is 47.4 Å². The lowest BCUT2D eigenvalue weighted by molar-refractivity contribution is 0.134. The van der Waals surface area contributed by atoms with Crippen molar-refractivity contribution in [2.75, 3.05) is 31.2 Å². The van der Waals surface area contributed by atoms with E-state index < -0.39 is 0 Å². The Labute approximate surface area is 111 Å². The second-order valence-electron chi connectivity index (χ2n) is 3.96. The van der Waals surface area contributed by atoms with Crippen molar-refractivity contribution in [3.8, 4) is 6.01 Å². The van der Waals surface area contributed by atoms with Crippen molar-refractivity contribution in [3.05, 3.63) is 5.28 Å². The van der Waals surface area contributed by atoms with Gasteiger partial charge < -0.3 is 14.4 Å². The van der Waals surface area contributed by atoms with Crippen LogP contribution in [0.2, 0.25) is 5.28 Å². The Morgan fingerprint density at radius 1 is 1.33 bits per heavy atom. The molecule has 0 aliphatic carbocycles. The van der Waals surface area contributed by atoms with E-state index in [2.05, 4.69) is 15.0 Å².